The quantitative estimate of drug-likeness (QED) is 0.738. The van der Waals surface area contributed by atoms with Gasteiger partial charge in [0.1, 0.15) is 5.82 Å². The summed E-state index contributed by atoms with van der Waals surface area (Å²) in [6.07, 6.45) is 3.87. The minimum Gasteiger partial charge on any atom is -0.349 e. The van der Waals surface area contributed by atoms with Gasteiger partial charge in [0, 0.05) is 32.0 Å². The van der Waals surface area contributed by atoms with E-state index in [2.05, 4.69) is 57.0 Å². The summed E-state index contributed by atoms with van der Waals surface area (Å²) in [4.78, 5) is 19.8. The van der Waals surface area contributed by atoms with Crippen molar-refractivity contribution in [2.45, 2.75) is 39.9 Å². The van der Waals surface area contributed by atoms with Gasteiger partial charge in [0.05, 0.1) is 18.0 Å². The van der Waals surface area contributed by atoms with Gasteiger partial charge in [0.25, 0.3) is 0 Å². The molecule has 0 radical (unpaired) electrons. The highest BCUT2D eigenvalue weighted by atomic mass is 16.2. The summed E-state index contributed by atoms with van der Waals surface area (Å²) in [7, 11) is 0. The molecular weight excluding hydrogens is 348 g/mol. The molecule has 1 atom stereocenters. The first-order valence-electron chi connectivity index (χ1n) is 9.95. The lowest BCUT2D eigenvalue weighted by Crippen LogP contribution is -2.47. The van der Waals surface area contributed by atoms with Crippen molar-refractivity contribution >= 4 is 16.7 Å². The Labute approximate surface area is 166 Å². The summed E-state index contributed by atoms with van der Waals surface area (Å²) < 4.78 is 2.19. The fourth-order valence-corrected chi connectivity index (χ4v) is 4.09. The molecule has 2 heterocycles. The van der Waals surface area contributed by atoms with Crippen LogP contribution in [-0.2, 0) is 17.9 Å². The minimum atomic E-state index is -0.479. The first-order valence-corrected chi connectivity index (χ1v) is 9.95. The molecule has 0 saturated heterocycles. The Morgan fingerprint density at radius 2 is 1.96 bits per heavy atom. The van der Waals surface area contributed by atoms with Crippen molar-refractivity contribution in [3.05, 3.63) is 66.2 Å². The van der Waals surface area contributed by atoms with Crippen LogP contribution in [-0.4, -0.2) is 33.4 Å². The van der Waals surface area contributed by atoms with Gasteiger partial charge in [-0.1, -0.05) is 42.5 Å². The number of hydrogen-bond acceptors (Lipinski definition) is 3. The van der Waals surface area contributed by atoms with Crippen molar-refractivity contribution in [3.63, 3.8) is 0 Å². The molecule has 5 nitrogen and oxygen atoms in total. The van der Waals surface area contributed by atoms with Crippen LogP contribution in [0.1, 0.15) is 38.2 Å². The van der Waals surface area contributed by atoms with E-state index in [0.29, 0.717) is 6.54 Å². The normalized spacial score (nSPS) is 16.0. The average Bonchev–Trinajstić information content (AvgIpc) is 3.15. The Hall–Kier alpha value is -2.66. The smallest absolute Gasteiger partial charge is 0.227 e. The van der Waals surface area contributed by atoms with Gasteiger partial charge in [0.15, 0.2) is 0 Å². The number of amides is 1. The van der Waals surface area contributed by atoms with Crippen LogP contribution in [0.2, 0.25) is 0 Å². The lowest BCUT2D eigenvalue weighted by molar-refractivity contribution is -0.131. The molecular formula is C23H28N4O. The predicted molar refractivity (Wildman–Crippen MR) is 112 cm³/mol. The van der Waals surface area contributed by atoms with Gasteiger partial charge in [-0.25, -0.2) is 4.98 Å². The van der Waals surface area contributed by atoms with Crippen LogP contribution in [0.3, 0.4) is 0 Å². The van der Waals surface area contributed by atoms with Crippen LogP contribution in [0, 0.1) is 5.41 Å². The van der Waals surface area contributed by atoms with Gasteiger partial charge in [0.2, 0.25) is 5.91 Å². The molecule has 0 aliphatic carbocycles. The van der Waals surface area contributed by atoms with Crippen molar-refractivity contribution < 1.29 is 4.79 Å². The fourth-order valence-electron chi connectivity index (χ4n) is 4.09. The molecule has 1 N–H and O–H groups in total. The van der Waals surface area contributed by atoms with Crippen LogP contribution < -0.4 is 5.32 Å². The van der Waals surface area contributed by atoms with Gasteiger partial charge in [-0.05, 0) is 37.1 Å². The van der Waals surface area contributed by atoms with Crippen molar-refractivity contribution in [1.82, 2.24) is 19.8 Å². The Morgan fingerprint density at radius 3 is 2.82 bits per heavy atom. The van der Waals surface area contributed by atoms with Crippen molar-refractivity contribution in [2.75, 3.05) is 13.1 Å². The first-order chi connectivity index (χ1) is 13.4. The highest BCUT2D eigenvalue weighted by Crippen LogP contribution is 2.26. The van der Waals surface area contributed by atoms with E-state index in [4.69, 9.17) is 0 Å². The van der Waals surface area contributed by atoms with Crippen LogP contribution in [0.15, 0.2) is 54.9 Å². The Morgan fingerprint density at radius 1 is 1.18 bits per heavy atom. The zero-order valence-electron chi connectivity index (χ0n) is 16.9. The number of nitrogens with zero attached hydrogens (tertiary/aromatic N) is 3. The summed E-state index contributed by atoms with van der Waals surface area (Å²) in [5.74, 6) is 1.16. The molecule has 28 heavy (non-hydrogen) atoms. The summed E-state index contributed by atoms with van der Waals surface area (Å²) >= 11 is 0. The monoisotopic (exact) mass is 376 g/mol. The zero-order valence-corrected chi connectivity index (χ0v) is 16.9. The number of carbonyl (C=O) groups is 1. The summed E-state index contributed by atoms with van der Waals surface area (Å²) in [5, 5.41) is 5.64. The lowest BCUT2D eigenvalue weighted by atomic mass is 9.90. The molecule has 4 rings (SSSR count). The molecule has 1 amide bonds. The zero-order chi connectivity index (χ0) is 19.7. The molecule has 0 fully saturated rings. The molecule has 1 aromatic heterocycles. The van der Waals surface area contributed by atoms with E-state index >= 15 is 0 Å². The molecule has 0 bridgehead atoms. The third-order valence-electron chi connectivity index (χ3n) is 5.69. The number of fused-ring (bicyclic) bond motifs is 2. The second kappa shape index (κ2) is 7.40. The average molecular weight is 377 g/mol. The molecule has 0 unspecified atom stereocenters. The third-order valence-corrected chi connectivity index (χ3v) is 5.69. The van der Waals surface area contributed by atoms with E-state index in [1.807, 2.05) is 38.4 Å². The second-order valence-electron chi connectivity index (χ2n) is 8.39. The van der Waals surface area contributed by atoms with Crippen molar-refractivity contribution in [3.8, 4) is 0 Å². The molecule has 5 heteroatoms. The van der Waals surface area contributed by atoms with Crippen LogP contribution in [0.5, 0.6) is 0 Å². The van der Waals surface area contributed by atoms with Gasteiger partial charge in [-0.15, -0.1) is 0 Å². The Bertz CT molecular complexity index is 986. The van der Waals surface area contributed by atoms with E-state index in [1.54, 1.807) is 0 Å². The largest absolute Gasteiger partial charge is 0.349 e. The van der Waals surface area contributed by atoms with Crippen molar-refractivity contribution in [1.29, 1.82) is 0 Å². The Kier molecular flexibility index (Phi) is 4.94. The predicted octanol–water partition coefficient (Wildman–Crippen LogP) is 3.76. The summed E-state index contributed by atoms with van der Waals surface area (Å²) in [6, 6.07) is 14.5. The molecule has 3 aromatic rings. The topological polar surface area (TPSA) is 50.2 Å². The number of rotatable bonds is 5. The summed E-state index contributed by atoms with van der Waals surface area (Å²) in [6.45, 7) is 9.50. The van der Waals surface area contributed by atoms with Crippen LogP contribution >= 0.6 is 0 Å². The standard InChI is InChI=1S/C23H28N4O/c1-17(19-10-6-8-18-7-4-5-9-20(18)19)25-22(28)23(2,3)16-26-13-14-27-12-11-24-21(27)15-26/h4-12,17H,13-16H2,1-3H3,(H,25,28)/t17-/m0/s1. The van der Waals surface area contributed by atoms with E-state index in [0.717, 1.165) is 31.0 Å². The van der Waals surface area contributed by atoms with Gasteiger partial charge < -0.3 is 9.88 Å². The van der Waals surface area contributed by atoms with E-state index in [9.17, 15) is 4.79 Å². The molecule has 1 aliphatic heterocycles. The maximum atomic E-state index is 13.1. The molecule has 146 valence electrons. The number of nitrogens with one attached hydrogen (secondary N) is 1. The third kappa shape index (κ3) is 3.67. The maximum absolute atomic E-state index is 13.1. The van der Waals surface area contributed by atoms with Gasteiger partial charge >= 0.3 is 0 Å². The molecule has 0 spiro atoms. The lowest BCUT2D eigenvalue weighted by Gasteiger charge is -2.35. The number of benzene rings is 2. The number of aromatic nitrogens is 2. The number of hydrogen-bond donors (Lipinski definition) is 1. The highest BCUT2D eigenvalue weighted by molar-refractivity contribution is 5.87. The van der Waals surface area contributed by atoms with E-state index < -0.39 is 5.41 Å². The fraction of sp³-hybridized carbons (Fsp3) is 0.391. The highest BCUT2D eigenvalue weighted by Gasteiger charge is 2.32. The number of carbonyl (C=O) groups excluding carboxylic acids is 1. The van der Waals surface area contributed by atoms with Gasteiger partial charge in [-0.2, -0.15) is 0 Å². The van der Waals surface area contributed by atoms with Crippen molar-refractivity contribution in [2.24, 2.45) is 5.41 Å². The first kappa shape index (κ1) is 18.7. The van der Waals surface area contributed by atoms with E-state index in [1.165, 1.54) is 10.8 Å². The minimum absolute atomic E-state index is 0.0434. The van der Waals surface area contributed by atoms with Gasteiger partial charge in [-0.3, -0.25) is 9.69 Å². The maximum Gasteiger partial charge on any atom is 0.227 e. The molecule has 2 aromatic carbocycles. The Balaban J connectivity index is 1.44. The molecule has 1 aliphatic rings. The number of imidazole rings is 1. The van der Waals surface area contributed by atoms with E-state index in [-0.39, 0.29) is 11.9 Å². The second-order valence-corrected chi connectivity index (χ2v) is 8.39. The SMILES string of the molecule is C[C@H](NC(=O)C(C)(C)CN1CCn2ccnc2C1)c1cccc2ccccc12. The van der Waals surface area contributed by atoms with Crippen LogP contribution in [0.25, 0.3) is 10.8 Å². The van der Waals surface area contributed by atoms with Crippen LogP contribution in [0.4, 0.5) is 0 Å². The summed E-state index contributed by atoms with van der Waals surface area (Å²) in [5.41, 5.74) is 0.676. The molecule has 0 saturated carbocycles.